The topological polar surface area (TPSA) is 27.7 Å². The molecule has 0 N–H and O–H groups in total. The van der Waals surface area contributed by atoms with E-state index < -0.39 is 33.7 Å². The van der Waals surface area contributed by atoms with Gasteiger partial charge in [0, 0.05) is 0 Å². The van der Waals surface area contributed by atoms with Gasteiger partial charge in [0.05, 0.1) is 0 Å². The Morgan fingerprint density at radius 1 is 0.289 bits per heavy atom. The van der Waals surface area contributed by atoms with Gasteiger partial charge >= 0.3 is 62.5 Å². The van der Waals surface area contributed by atoms with Crippen LogP contribution in [0, 0.1) is 0 Å². The molecule has 0 aliphatic rings. The van der Waals surface area contributed by atoms with E-state index in [-0.39, 0.29) is 0 Å². The molecule has 0 aliphatic heterocycles. The summed E-state index contributed by atoms with van der Waals surface area (Å²) in [4.78, 5) is 0. The molecule has 0 radical (unpaired) electrons. The monoisotopic (exact) mass is 864 g/mol. The predicted octanol–water partition coefficient (Wildman–Crippen LogP) is 8.75. The van der Waals surface area contributed by atoms with Crippen LogP contribution in [0.1, 0.15) is 0 Å². The normalized spacial score (nSPS) is 10.7. The van der Waals surface area contributed by atoms with Crippen molar-refractivity contribution in [2.75, 3.05) is 0 Å². The molecule has 6 aromatic carbocycles. The fourth-order valence-corrected chi connectivity index (χ4v) is 11.0. The van der Waals surface area contributed by atoms with Gasteiger partial charge in [-0.25, -0.2) is 0 Å². The molecular weight excluding hydrogens is 835 g/mol. The quantitative estimate of drug-likeness (QED) is 0.136. The number of halogens is 3. The van der Waals surface area contributed by atoms with Crippen molar-refractivity contribution in [3.8, 4) is 0 Å². The van der Waals surface area contributed by atoms with Gasteiger partial charge in [-0.3, -0.25) is 0 Å². The van der Waals surface area contributed by atoms with Crippen molar-refractivity contribution >= 4 is 83.3 Å². The molecule has 0 aliphatic carbocycles. The summed E-state index contributed by atoms with van der Waals surface area (Å²) in [6, 6.07) is 64.7. The summed E-state index contributed by atoms with van der Waals surface area (Å²) in [7, 11) is -0.892. The van der Waals surface area contributed by atoms with Crippen LogP contribution in [-0.4, -0.2) is 0 Å². The Kier molecular flexibility index (Phi) is 16.3. The molecule has 0 heterocycles. The van der Waals surface area contributed by atoms with E-state index in [9.17, 15) is 0 Å². The smallest absolute Gasteiger partial charge is 0.0134 e. The predicted molar refractivity (Wildman–Crippen MR) is 191 cm³/mol. The van der Waals surface area contributed by atoms with E-state index in [4.69, 9.17) is 35.6 Å². The molecular formula is C36H30Cl3O3P2Re. The van der Waals surface area contributed by atoms with Crippen LogP contribution in [0.15, 0.2) is 182 Å². The van der Waals surface area contributed by atoms with Gasteiger partial charge in [-0.15, -0.1) is 0 Å². The number of hydrogen-bond acceptors (Lipinski definition) is 3. The van der Waals surface area contributed by atoms with Crippen LogP contribution in [-0.2, 0) is 26.9 Å². The summed E-state index contributed by atoms with van der Waals surface area (Å²) < 4.78 is 12.0. The Hall–Kier alpha value is -2.41. The Bertz CT molecular complexity index is 1300. The maximum Gasteiger partial charge on any atom is -0.0134 e. The SMILES string of the molecule is Cl[O][Re]([O]Cl)[O]Cl.c1ccc(P(c2ccccc2)c2ccccc2)cc1.c1ccc(P(c2ccccc2)c2ccccc2)cc1. The van der Waals surface area contributed by atoms with Crippen LogP contribution in [0.4, 0.5) is 0 Å². The first-order chi connectivity index (χ1) is 22.2. The Morgan fingerprint density at radius 2 is 0.444 bits per heavy atom. The molecule has 0 amide bonds. The van der Waals surface area contributed by atoms with Gasteiger partial charge in [-0.2, -0.15) is 0 Å². The summed E-state index contributed by atoms with van der Waals surface area (Å²) >= 11 is 11.4. The van der Waals surface area contributed by atoms with E-state index in [1.165, 1.54) is 31.8 Å². The Labute approximate surface area is 290 Å². The van der Waals surface area contributed by atoms with Gasteiger partial charge in [-0.1, -0.05) is 182 Å². The zero-order valence-corrected chi connectivity index (χ0v) is 30.7. The molecule has 6 rings (SSSR count). The van der Waals surface area contributed by atoms with Crippen molar-refractivity contribution in [1.82, 2.24) is 0 Å². The average molecular weight is 865 g/mol. The minimum Gasteiger partial charge on any atom is -0.0622 e. The van der Waals surface area contributed by atoms with Crippen LogP contribution < -0.4 is 31.8 Å². The van der Waals surface area contributed by atoms with E-state index >= 15 is 0 Å². The van der Waals surface area contributed by atoms with Crippen molar-refractivity contribution in [1.29, 1.82) is 0 Å². The third kappa shape index (κ3) is 11.4. The molecule has 0 saturated carbocycles. The summed E-state index contributed by atoms with van der Waals surface area (Å²) in [6.45, 7) is 0. The third-order valence-electron chi connectivity index (χ3n) is 6.23. The molecule has 9 heteroatoms. The molecule has 0 bridgehead atoms. The number of rotatable bonds is 9. The molecule has 3 nitrogen and oxygen atoms in total. The zero-order valence-electron chi connectivity index (χ0n) is 24.0. The van der Waals surface area contributed by atoms with Crippen LogP contribution in [0.5, 0.6) is 0 Å². The van der Waals surface area contributed by atoms with Gasteiger partial charge in [0.15, 0.2) is 0 Å². The molecule has 0 saturated heterocycles. The number of benzene rings is 6. The largest absolute Gasteiger partial charge is 0.0622 e. The maximum atomic E-state index is 4.73. The van der Waals surface area contributed by atoms with Crippen molar-refractivity contribution < 1.29 is 26.9 Å². The molecule has 0 aromatic heterocycles. The van der Waals surface area contributed by atoms with Crippen LogP contribution >= 0.6 is 51.4 Å². The van der Waals surface area contributed by atoms with Crippen LogP contribution in [0.2, 0.25) is 0 Å². The standard InChI is InChI=1S/2C18H15P.3ClO.Re/c2*1-4-10-16(11-5-1)19(17-12-6-2-7-13-17)18-14-8-3-9-15-18;3*1-2;/h2*1-15H;;;;/q;;3*-1;+3. The van der Waals surface area contributed by atoms with Gasteiger partial charge in [0.1, 0.15) is 0 Å². The van der Waals surface area contributed by atoms with Crippen molar-refractivity contribution in [3.05, 3.63) is 182 Å². The molecule has 0 spiro atoms. The minimum absolute atomic E-state index is 0.446. The molecule has 45 heavy (non-hydrogen) atoms. The first kappa shape index (κ1) is 35.4. The van der Waals surface area contributed by atoms with E-state index in [2.05, 4.69) is 191 Å². The molecule has 0 atom stereocenters. The first-order valence-electron chi connectivity index (χ1n) is 13.7. The van der Waals surface area contributed by atoms with Crippen molar-refractivity contribution in [3.63, 3.8) is 0 Å². The summed E-state index contributed by atoms with van der Waals surface area (Å²) in [5.74, 6) is 0. The third-order valence-corrected chi connectivity index (χ3v) is 14.5. The minimum atomic E-state index is -2.76. The van der Waals surface area contributed by atoms with E-state index in [0.717, 1.165) is 0 Å². The van der Waals surface area contributed by atoms with Gasteiger partial charge in [0.25, 0.3) is 0 Å². The van der Waals surface area contributed by atoms with Crippen molar-refractivity contribution in [2.45, 2.75) is 0 Å². The number of hydrogen-bond donors (Lipinski definition) is 0. The van der Waals surface area contributed by atoms with Crippen LogP contribution in [0.3, 0.4) is 0 Å². The van der Waals surface area contributed by atoms with Crippen LogP contribution in [0.25, 0.3) is 0 Å². The second-order valence-electron chi connectivity index (χ2n) is 9.05. The van der Waals surface area contributed by atoms with Gasteiger partial charge in [0.2, 0.25) is 0 Å². The average Bonchev–Trinajstić information content (AvgIpc) is 3.13. The van der Waals surface area contributed by atoms with Crippen molar-refractivity contribution in [2.24, 2.45) is 0 Å². The molecule has 6 aromatic rings. The summed E-state index contributed by atoms with van der Waals surface area (Å²) in [6.07, 6.45) is 0. The summed E-state index contributed by atoms with van der Waals surface area (Å²) in [5, 5.41) is 8.39. The zero-order chi connectivity index (χ0) is 31.5. The van der Waals surface area contributed by atoms with E-state index in [1.807, 2.05) is 0 Å². The first-order valence-corrected chi connectivity index (χ1v) is 20.7. The Morgan fingerprint density at radius 3 is 0.556 bits per heavy atom. The Balaban J connectivity index is 0.000000170. The fourth-order valence-electron chi connectivity index (χ4n) is 4.38. The fraction of sp³-hybridized carbons (Fsp3) is 0. The van der Waals surface area contributed by atoms with Gasteiger partial charge in [-0.05, 0) is 47.7 Å². The second kappa shape index (κ2) is 20.7. The molecule has 0 unspecified atom stereocenters. The molecule has 230 valence electrons. The molecule has 0 fully saturated rings. The van der Waals surface area contributed by atoms with E-state index in [1.54, 1.807) is 0 Å². The van der Waals surface area contributed by atoms with Gasteiger partial charge < -0.3 is 0 Å². The maximum absolute atomic E-state index is 4.73. The summed E-state index contributed by atoms with van der Waals surface area (Å²) in [5.41, 5.74) is 0. The second-order valence-corrected chi connectivity index (χ2v) is 19.0. The van der Waals surface area contributed by atoms with E-state index in [0.29, 0.717) is 0 Å².